The fraction of sp³-hybridized carbons (Fsp3) is 0.143. The van der Waals surface area contributed by atoms with E-state index in [9.17, 15) is 8.78 Å². The number of ether oxygens (including phenoxy) is 1. The van der Waals surface area contributed by atoms with Crippen LogP contribution in [-0.4, -0.2) is 7.11 Å². The lowest BCUT2D eigenvalue weighted by atomic mass is 9.99. The molecule has 100 valence electrons. The zero-order valence-corrected chi connectivity index (χ0v) is 11.7. The van der Waals surface area contributed by atoms with E-state index < -0.39 is 17.7 Å². The lowest BCUT2D eigenvalue weighted by Gasteiger charge is -2.14. The van der Waals surface area contributed by atoms with Gasteiger partial charge in [0, 0.05) is 0 Å². The Kier molecular flexibility index (Phi) is 4.17. The van der Waals surface area contributed by atoms with Gasteiger partial charge >= 0.3 is 0 Å². The first-order chi connectivity index (χ1) is 9.02. The van der Waals surface area contributed by atoms with Crippen LogP contribution in [0, 0.1) is 11.6 Å². The molecule has 0 amide bonds. The van der Waals surface area contributed by atoms with E-state index in [1.165, 1.54) is 25.3 Å². The first kappa shape index (κ1) is 14.0. The van der Waals surface area contributed by atoms with Crippen LogP contribution in [0.1, 0.15) is 17.2 Å². The Morgan fingerprint density at radius 2 is 1.63 bits per heavy atom. The van der Waals surface area contributed by atoms with Gasteiger partial charge in [-0.1, -0.05) is 12.1 Å². The summed E-state index contributed by atoms with van der Waals surface area (Å²) in [4.78, 5) is 0. The van der Waals surface area contributed by atoms with E-state index >= 15 is 0 Å². The van der Waals surface area contributed by atoms with Crippen LogP contribution >= 0.6 is 15.9 Å². The van der Waals surface area contributed by atoms with Crippen molar-refractivity contribution in [2.75, 3.05) is 7.11 Å². The molecule has 0 spiro atoms. The number of hydrogen-bond acceptors (Lipinski definition) is 2. The van der Waals surface area contributed by atoms with E-state index in [-0.39, 0.29) is 5.75 Å². The number of halogens is 3. The van der Waals surface area contributed by atoms with Gasteiger partial charge in [0.15, 0.2) is 11.6 Å². The normalized spacial score (nSPS) is 12.3. The average molecular weight is 328 g/mol. The minimum Gasteiger partial charge on any atom is -0.494 e. The lowest BCUT2D eigenvalue weighted by Crippen LogP contribution is -2.12. The van der Waals surface area contributed by atoms with E-state index in [1.807, 2.05) is 0 Å². The van der Waals surface area contributed by atoms with Gasteiger partial charge in [-0.05, 0) is 51.3 Å². The molecule has 0 saturated carbocycles. The molecule has 2 aromatic carbocycles. The first-order valence-corrected chi connectivity index (χ1v) is 6.36. The van der Waals surface area contributed by atoms with Crippen LogP contribution in [0.3, 0.4) is 0 Å². The van der Waals surface area contributed by atoms with Crippen molar-refractivity contribution in [1.82, 2.24) is 0 Å². The van der Waals surface area contributed by atoms with Crippen LogP contribution in [0.25, 0.3) is 0 Å². The Morgan fingerprint density at radius 3 is 2.16 bits per heavy atom. The van der Waals surface area contributed by atoms with Gasteiger partial charge in [0.25, 0.3) is 0 Å². The van der Waals surface area contributed by atoms with Gasteiger partial charge in [-0.15, -0.1) is 0 Å². The van der Waals surface area contributed by atoms with Crippen LogP contribution in [0.15, 0.2) is 40.9 Å². The molecule has 19 heavy (non-hydrogen) atoms. The van der Waals surface area contributed by atoms with E-state index in [2.05, 4.69) is 15.9 Å². The smallest absolute Gasteiger partial charge is 0.165 e. The Bertz CT molecular complexity index is 604. The molecule has 5 heteroatoms. The molecule has 0 bridgehead atoms. The molecule has 1 atom stereocenters. The van der Waals surface area contributed by atoms with E-state index in [1.54, 1.807) is 18.2 Å². The zero-order chi connectivity index (χ0) is 14.0. The predicted octanol–water partition coefficient (Wildman–Crippen LogP) is 3.78. The third kappa shape index (κ3) is 2.93. The van der Waals surface area contributed by atoms with Crippen LogP contribution in [-0.2, 0) is 0 Å². The molecular formula is C14H12BrF2NO. The fourth-order valence-electron chi connectivity index (χ4n) is 1.77. The van der Waals surface area contributed by atoms with Crippen molar-refractivity contribution in [3.8, 4) is 5.75 Å². The summed E-state index contributed by atoms with van der Waals surface area (Å²) in [6.45, 7) is 0. The summed E-state index contributed by atoms with van der Waals surface area (Å²) >= 11 is 3.07. The van der Waals surface area contributed by atoms with Gasteiger partial charge in [-0.2, -0.15) is 0 Å². The second kappa shape index (κ2) is 5.67. The molecule has 0 heterocycles. The molecule has 0 aliphatic rings. The predicted molar refractivity (Wildman–Crippen MR) is 73.1 cm³/mol. The van der Waals surface area contributed by atoms with E-state index in [4.69, 9.17) is 10.5 Å². The summed E-state index contributed by atoms with van der Waals surface area (Å²) in [5.41, 5.74) is 7.14. The molecule has 0 fully saturated rings. The zero-order valence-electron chi connectivity index (χ0n) is 10.2. The Balaban J connectivity index is 2.35. The molecule has 2 N–H and O–H groups in total. The van der Waals surface area contributed by atoms with Gasteiger partial charge in [0.2, 0.25) is 0 Å². The van der Waals surface area contributed by atoms with E-state index in [0.717, 1.165) is 0 Å². The van der Waals surface area contributed by atoms with Gasteiger partial charge in [-0.3, -0.25) is 0 Å². The summed E-state index contributed by atoms with van der Waals surface area (Å²) < 4.78 is 32.3. The quantitative estimate of drug-likeness (QED) is 0.931. The fourth-order valence-corrected chi connectivity index (χ4v) is 2.02. The minimum absolute atomic E-state index is 0.151. The summed E-state index contributed by atoms with van der Waals surface area (Å²) in [6.07, 6.45) is 0. The van der Waals surface area contributed by atoms with Crippen molar-refractivity contribution >= 4 is 15.9 Å². The second-order valence-corrected chi connectivity index (χ2v) is 4.90. The van der Waals surface area contributed by atoms with Crippen molar-refractivity contribution in [3.63, 3.8) is 0 Å². The SMILES string of the molecule is COc1ccc(C(N)c2ccc(Br)c(F)c2)cc1F. The van der Waals surface area contributed by atoms with Crippen molar-refractivity contribution in [2.24, 2.45) is 5.73 Å². The van der Waals surface area contributed by atoms with Gasteiger partial charge in [-0.25, -0.2) is 8.78 Å². The maximum absolute atomic E-state index is 13.6. The number of methoxy groups -OCH3 is 1. The summed E-state index contributed by atoms with van der Waals surface area (Å²) in [7, 11) is 1.39. The van der Waals surface area contributed by atoms with Crippen LogP contribution in [0.2, 0.25) is 0 Å². The number of nitrogens with two attached hydrogens (primary N) is 1. The van der Waals surface area contributed by atoms with E-state index in [0.29, 0.717) is 15.6 Å². The summed E-state index contributed by atoms with van der Waals surface area (Å²) in [6, 6.07) is 8.46. The highest BCUT2D eigenvalue weighted by atomic mass is 79.9. The number of benzene rings is 2. The second-order valence-electron chi connectivity index (χ2n) is 4.05. The largest absolute Gasteiger partial charge is 0.494 e. The van der Waals surface area contributed by atoms with Crippen LogP contribution in [0.4, 0.5) is 8.78 Å². The third-order valence-electron chi connectivity index (χ3n) is 2.84. The maximum Gasteiger partial charge on any atom is 0.165 e. The van der Waals surface area contributed by atoms with Crippen molar-refractivity contribution < 1.29 is 13.5 Å². The van der Waals surface area contributed by atoms with Gasteiger partial charge in [0.1, 0.15) is 5.82 Å². The number of rotatable bonds is 3. The third-order valence-corrected chi connectivity index (χ3v) is 3.48. The highest BCUT2D eigenvalue weighted by Crippen LogP contribution is 2.26. The van der Waals surface area contributed by atoms with Crippen molar-refractivity contribution in [2.45, 2.75) is 6.04 Å². The Labute approximate surface area is 118 Å². The monoisotopic (exact) mass is 327 g/mol. The Morgan fingerprint density at radius 1 is 1.05 bits per heavy atom. The molecule has 0 aliphatic heterocycles. The maximum atomic E-state index is 13.6. The molecule has 2 aromatic rings. The number of hydrogen-bond donors (Lipinski definition) is 1. The average Bonchev–Trinajstić information content (AvgIpc) is 2.41. The molecule has 1 unspecified atom stereocenters. The first-order valence-electron chi connectivity index (χ1n) is 5.57. The van der Waals surface area contributed by atoms with Crippen molar-refractivity contribution in [1.29, 1.82) is 0 Å². The van der Waals surface area contributed by atoms with Gasteiger partial charge in [0.05, 0.1) is 17.6 Å². The highest BCUT2D eigenvalue weighted by molar-refractivity contribution is 9.10. The molecule has 0 radical (unpaired) electrons. The molecule has 0 aromatic heterocycles. The summed E-state index contributed by atoms with van der Waals surface area (Å²) in [5, 5.41) is 0. The molecular weight excluding hydrogens is 316 g/mol. The lowest BCUT2D eigenvalue weighted by molar-refractivity contribution is 0.386. The van der Waals surface area contributed by atoms with Crippen LogP contribution in [0.5, 0.6) is 5.75 Å². The summed E-state index contributed by atoms with van der Waals surface area (Å²) in [5.74, 6) is -0.743. The minimum atomic E-state index is -0.594. The molecule has 2 rings (SSSR count). The van der Waals surface area contributed by atoms with Gasteiger partial charge < -0.3 is 10.5 Å². The molecule has 0 aliphatic carbocycles. The standard InChI is InChI=1S/C14H12BrF2NO/c1-19-13-5-3-9(7-12(13)17)14(18)8-2-4-10(15)11(16)6-8/h2-7,14H,18H2,1H3. The topological polar surface area (TPSA) is 35.2 Å². The molecule has 0 saturated heterocycles. The van der Waals surface area contributed by atoms with Crippen LogP contribution < -0.4 is 10.5 Å². The highest BCUT2D eigenvalue weighted by Gasteiger charge is 2.13. The van der Waals surface area contributed by atoms with Crippen molar-refractivity contribution in [3.05, 3.63) is 63.6 Å². The molecule has 2 nitrogen and oxygen atoms in total. The Hall–Kier alpha value is -1.46.